The molecule has 0 aliphatic carbocycles. The molecule has 0 saturated heterocycles. The summed E-state index contributed by atoms with van der Waals surface area (Å²) in [6.45, 7) is 5.65. The van der Waals surface area contributed by atoms with E-state index in [2.05, 4.69) is 10.5 Å². The van der Waals surface area contributed by atoms with Gasteiger partial charge in [0.1, 0.15) is 5.75 Å². The standard InChI is InChI=1S/C19H22N2O4/c1-12-5-7-16(9-13(12)2)25-14(3)19(23)21-20-11-15-6-8-18(24-4)17(22)10-15/h5-11,14,22H,1-4H3,(H,21,23)/b20-11+. The molecule has 0 saturated carbocycles. The largest absolute Gasteiger partial charge is 0.504 e. The van der Waals surface area contributed by atoms with Crippen LogP contribution < -0.4 is 14.9 Å². The first-order chi connectivity index (χ1) is 11.9. The molecule has 6 heteroatoms. The van der Waals surface area contributed by atoms with Crippen molar-refractivity contribution in [3.05, 3.63) is 53.1 Å². The molecule has 0 bridgehead atoms. The number of nitrogens with one attached hydrogen (secondary N) is 1. The molecule has 0 aliphatic rings. The van der Waals surface area contributed by atoms with Crippen LogP contribution in [0.2, 0.25) is 0 Å². The van der Waals surface area contributed by atoms with Crippen molar-refractivity contribution in [3.63, 3.8) is 0 Å². The number of nitrogens with zero attached hydrogens (tertiary/aromatic N) is 1. The van der Waals surface area contributed by atoms with E-state index in [-0.39, 0.29) is 11.7 Å². The number of aryl methyl sites for hydroxylation is 2. The molecule has 132 valence electrons. The average Bonchev–Trinajstić information content (AvgIpc) is 2.58. The fourth-order valence-electron chi connectivity index (χ4n) is 2.09. The van der Waals surface area contributed by atoms with Crippen LogP contribution in [0.25, 0.3) is 0 Å². The topological polar surface area (TPSA) is 80.2 Å². The minimum Gasteiger partial charge on any atom is -0.504 e. The van der Waals surface area contributed by atoms with E-state index in [1.807, 2.05) is 32.0 Å². The second-order valence-corrected chi connectivity index (χ2v) is 5.67. The predicted octanol–water partition coefficient (Wildman–Crippen LogP) is 2.94. The van der Waals surface area contributed by atoms with E-state index in [9.17, 15) is 9.90 Å². The Kier molecular flexibility index (Phi) is 6.00. The van der Waals surface area contributed by atoms with Crippen molar-refractivity contribution in [2.45, 2.75) is 26.9 Å². The molecule has 1 amide bonds. The number of hydrogen-bond acceptors (Lipinski definition) is 5. The van der Waals surface area contributed by atoms with Gasteiger partial charge >= 0.3 is 0 Å². The highest BCUT2D eigenvalue weighted by molar-refractivity contribution is 5.84. The number of methoxy groups -OCH3 is 1. The van der Waals surface area contributed by atoms with Gasteiger partial charge in [0.05, 0.1) is 13.3 Å². The van der Waals surface area contributed by atoms with Gasteiger partial charge in [-0.25, -0.2) is 5.43 Å². The van der Waals surface area contributed by atoms with E-state index in [4.69, 9.17) is 9.47 Å². The number of ether oxygens (including phenoxy) is 2. The van der Waals surface area contributed by atoms with Gasteiger partial charge in [0.25, 0.3) is 5.91 Å². The molecule has 2 aromatic rings. The fourth-order valence-corrected chi connectivity index (χ4v) is 2.09. The molecule has 2 aromatic carbocycles. The molecule has 0 fully saturated rings. The van der Waals surface area contributed by atoms with E-state index in [1.165, 1.54) is 19.4 Å². The van der Waals surface area contributed by atoms with Gasteiger partial charge in [-0.2, -0.15) is 5.10 Å². The van der Waals surface area contributed by atoms with Crippen molar-refractivity contribution in [1.82, 2.24) is 5.43 Å². The molecule has 2 N–H and O–H groups in total. The van der Waals surface area contributed by atoms with Crippen LogP contribution >= 0.6 is 0 Å². The summed E-state index contributed by atoms with van der Waals surface area (Å²) < 4.78 is 10.6. The Morgan fingerprint density at radius 3 is 2.60 bits per heavy atom. The van der Waals surface area contributed by atoms with Gasteiger partial charge in [0.15, 0.2) is 17.6 Å². The summed E-state index contributed by atoms with van der Waals surface area (Å²) in [5, 5.41) is 13.6. The summed E-state index contributed by atoms with van der Waals surface area (Å²) in [5.41, 5.74) is 5.31. The quantitative estimate of drug-likeness (QED) is 0.625. The fraction of sp³-hybridized carbons (Fsp3) is 0.263. The Morgan fingerprint density at radius 1 is 1.20 bits per heavy atom. The van der Waals surface area contributed by atoms with Gasteiger partial charge in [-0.1, -0.05) is 6.07 Å². The zero-order chi connectivity index (χ0) is 18.4. The Morgan fingerprint density at radius 2 is 1.96 bits per heavy atom. The highest BCUT2D eigenvalue weighted by atomic mass is 16.5. The summed E-state index contributed by atoms with van der Waals surface area (Å²) >= 11 is 0. The van der Waals surface area contributed by atoms with E-state index in [1.54, 1.807) is 19.1 Å². The number of benzene rings is 2. The molecular formula is C19H22N2O4. The maximum absolute atomic E-state index is 12.0. The van der Waals surface area contributed by atoms with Crippen molar-refractivity contribution in [1.29, 1.82) is 0 Å². The van der Waals surface area contributed by atoms with Crippen molar-refractivity contribution in [2.24, 2.45) is 5.10 Å². The number of hydrazone groups is 1. The number of carbonyl (C=O) groups is 1. The predicted molar refractivity (Wildman–Crippen MR) is 96.4 cm³/mol. The van der Waals surface area contributed by atoms with Crippen LogP contribution in [0, 0.1) is 13.8 Å². The SMILES string of the molecule is COc1ccc(/C=N/NC(=O)C(C)Oc2ccc(C)c(C)c2)cc1O. The van der Waals surface area contributed by atoms with Crippen LogP contribution in [0.15, 0.2) is 41.5 Å². The molecule has 0 aliphatic heterocycles. The number of phenols is 1. The molecule has 1 atom stereocenters. The van der Waals surface area contributed by atoms with E-state index < -0.39 is 6.10 Å². The normalized spacial score (nSPS) is 12.0. The molecule has 0 spiro atoms. The third kappa shape index (κ3) is 4.97. The molecule has 25 heavy (non-hydrogen) atoms. The molecule has 2 rings (SSSR count). The first-order valence-electron chi connectivity index (χ1n) is 7.84. The number of aromatic hydroxyl groups is 1. The summed E-state index contributed by atoms with van der Waals surface area (Å²) in [5.74, 6) is 0.642. The van der Waals surface area contributed by atoms with Crippen LogP contribution in [0.5, 0.6) is 17.2 Å². The Balaban J connectivity index is 1.92. The lowest BCUT2D eigenvalue weighted by Gasteiger charge is -2.14. The molecule has 0 radical (unpaired) electrons. The minimum atomic E-state index is -0.691. The van der Waals surface area contributed by atoms with Crippen LogP contribution in [0.4, 0.5) is 0 Å². The summed E-state index contributed by atoms with van der Waals surface area (Å²) in [6.07, 6.45) is 0.739. The number of rotatable bonds is 6. The Bertz CT molecular complexity index is 787. The minimum absolute atomic E-state index is 0.00391. The molecular weight excluding hydrogens is 320 g/mol. The number of amides is 1. The van der Waals surface area contributed by atoms with Gasteiger partial charge in [0, 0.05) is 0 Å². The Hall–Kier alpha value is -3.02. The second-order valence-electron chi connectivity index (χ2n) is 5.67. The highest BCUT2D eigenvalue weighted by Crippen LogP contribution is 2.25. The van der Waals surface area contributed by atoms with Crippen LogP contribution in [0.1, 0.15) is 23.6 Å². The van der Waals surface area contributed by atoms with Crippen LogP contribution in [-0.2, 0) is 4.79 Å². The number of phenolic OH excluding ortho intramolecular Hbond substituents is 1. The lowest BCUT2D eigenvalue weighted by Crippen LogP contribution is -2.33. The second kappa shape index (κ2) is 8.19. The van der Waals surface area contributed by atoms with E-state index >= 15 is 0 Å². The lowest BCUT2D eigenvalue weighted by molar-refractivity contribution is -0.127. The molecule has 1 unspecified atom stereocenters. The first-order valence-corrected chi connectivity index (χ1v) is 7.84. The zero-order valence-electron chi connectivity index (χ0n) is 14.7. The van der Waals surface area contributed by atoms with E-state index in [0.29, 0.717) is 17.1 Å². The maximum Gasteiger partial charge on any atom is 0.280 e. The molecule has 0 heterocycles. The zero-order valence-corrected chi connectivity index (χ0v) is 14.7. The van der Waals surface area contributed by atoms with Gasteiger partial charge in [-0.15, -0.1) is 0 Å². The van der Waals surface area contributed by atoms with Crippen molar-refractivity contribution < 1.29 is 19.4 Å². The summed E-state index contributed by atoms with van der Waals surface area (Å²) in [4.78, 5) is 12.0. The highest BCUT2D eigenvalue weighted by Gasteiger charge is 2.14. The maximum atomic E-state index is 12.0. The third-order valence-corrected chi connectivity index (χ3v) is 3.75. The smallest absolute Gasteiger partial charge is 0.280 e. The Labute approximate surface area is 147 Å². The van der Waals surface area contributed by atoms with Gasteiger partial charge in [-0.3, -0.25) is 4.79 Å². The van der Waals surface area contributed by atoms with Crippen LogP contribution in [0.3, 0.4) is 0 Å². The third-order valence-electron chi connectivity index (χ3n) is 3.75. The van der Waals surface area contributed by atoms with Crippen molar-refractivity contribution >= 4 is 12.1 Å². The summed E-state index contributed by atoms with van der Waals surface area (Å²) in [7, 11) is 1.47. The van der Waals surface area contributed by atoms with Gasteiger partial charge in [0.2, 0.25) is 0 Å². The first kappa shape index (κ1) is 18.3. The summed E-state index contributed by atoms with van der Waals surface area (Å²) in [6, 6.07) is 10.5. The van der Waals surface area contributed by atoms with E-state index in [0.717, 1.165) is 11.1 Å². The lowest BCUT2D eigenvalue weighted by atomic mass is 10.1. The van der Waals surface area contributed by atoms with Crippen LogP contribution in [-0.4, -0.2) is 30.4 Å². The van der Waals surface area contributed by atoms with Gasteiger partial charge in [-0.05, 0) is 67.8 Å². The monoisotopic (exact) mass is 342 g/mol. The average molecular weight is 342 g/mol. The number of carbonyl (C=O) groups excluding carboxylic acids is 1. The van der Waals surface area contributed by atoms with Crippen molar-refractivity contribution in [2.75, 3.05) is 7.11 Å². The molecule has 0 aromatic heterocycles. The molecule has 6 nitrogen and oxygen atoms in total. The number of hydrogen-bond donors (Lipinski definition) is 2. The van der Waals surface area contributed by atoms with Crippen molar-refractivity contribution in [3.8, 4) is 17.2 Å². The van der Waals surface area contributed by atoms with Gasteiger partial charge < -0.3 is 14.6 Å².